The summed E-state index contributed by atoms with van der Waals surface area (Å²) in [5.41, 5.74) is 2.42. The van der Waals surface area contributed by atoms with E-state index in [0.717, 1.165) is 36.1 Å². The molecular formula is C34H44N4O4. The Bertz CT molecular complexity index is 1260. The lowest BCUT2D eigenvalue weighted by Crippen LogP contribution is -2.58. The molecule has 2 fully saturated rings. The van der Waals surface area contributed by atoms with Gasteiger partial charge in [0.1, 0.15) is 6.04 Å². The molecule has 3 aliphatic rings. The van der Waals surface area contributed by atoms with Crippen molar-refractivity contribution in [2.24, 2.45) is 11.3 Å². The Morgan fingerprint density at radius 3 is 2.57 bits per heavy atom. The molecule has 2 saturated heterocycles. The topological polar surface area (TPSA) is 99.8 Å². The highest BCUT2D eigenvalue weighted by Gasteiger charge is 2.41. The molecule has 3 N–H and O–H groups in total. The summed E-state index contributed by atoms with van der Waals surface area (Å²) in [7, 11) is 0. The molecule has 0 saturated carbocycles. The molecule has 2 aromatic rings. The molecule has 0 aliphatic carbocycles. The number of nitrogens with zero attached hydrogens (tertiary/aromatic N) is 1. The van der Waals surface area contributed by atoms with Gasteiger partial charge in [0.05, 0.1) is 12.0 Å². The number of amides is 3. The predicted molar refractivity (Wildman–Crippen MR) is 164 cm³/mol. The molecule has 42 heavy (non-hydrogen) atoms. The Kier molecular flexibility index (Phi) is 10.1. The summed E-state index contributed by atoms with van der Waals surface area (Å²) in [4.78, 5) is 42.7. The molecule has 2 aromatic carbocycles. The maximum atomic E-state index is 13.8. The second kappa shape index (κ2) is 14.1. The number of piperidine rings is 1. The van der Waals surface area contributed by atoms with E-state index in [1.165, 1.54) is 0 Å². The van der Waals surface area contributed by atoms with Crippen molar-refractivity contribution in [1.29, 1.82) is 0 Å². The Morgan fingerprint density at radius 1 is 1.02 bits per heavy atom. The van der Waals surface area contributed by atoms with E-state index in [1.807, 2.05) is 54.6 Å². The van der Waals surface area contributed by atoms with E-state index < -0.39 is 11.5 Å². The van der Waals surface area contributed by atoms with Gasteiger partial charge in [0.2, 0.25) is 17.7 Å². The van der Waals surface area contributed by atoms with Crippen LogP contribution in [0.3, 0.4) is 0 Å². The number of ether oxygens (including phenoxy) is 1. The molecule has 0 radical (unpaired) electrons. The second-order valence-corrected chi connectivity index (χ2v) is 12.0. The predicted octanol–water partition coefficient (Wildman–Crippen LogP) is 3.87. The monoisotopic (exact) mass is 572 g/mol. The molecular weight excluding hydrogens is 528 g/mol. The highest BCUT2D eigenvalue weighted by atomic mass is 16.5. The number of carbonyl (C=O) groups is 3. The molecule has 0 aromatic heterocycles. The molecule has 224 valence electrons. The first-order valence-electron chi connectivity index (χ1n) is 15.4. The van der Waals surface area contributed by atoms with Gasteiger partial charge in [-0.3, -0.25) is 19.3 Å². The quantitative estimate of drug-likeness (QED) is 0.457. The average Bonchev–Trinajstić information content (AvgIpc) is 3.00. The summed E-state index contributed by atoms with van der Waals surface area (Å²) in [5, 5.41) is 9.56. The molecule has 3 amide bonds. The van der Waals surface area contributed by atoms with Crippen LogP contribution in [0.5, 0.6) is 0 Å². The largest absolute Gasteiger partial charge is 0.381 e. The van der Waals surface area contributed by atoms with Crippen LogP contribution in [0.2, 0.25) is 0 Å². The highest BCUT2D eigenvalue weighted by Crippen LogP contribution is 2.36. The molecule has 3 heterocycles. The number of fused-ring (bicyclic) bond motifs is 1. The van der Waals surface area contributed by atoms with Gasteiger partial charge in [0.25, 0.3) is 0 Å². The summed E-state index contributed by atoms with van der Waals surface area (Å²) >= 11 is 0. The molecule has 3 aliphatic heterocycles. The van der Waals surface area contributed by atoms with Crippen molar-refractivity contribution < 1.29 is 19.1 Å². The number of hydrogen-bond acceptors (Lipinski definition) is 5. The number of anilines is 1. The van der Waals surface area contributed by atoms with Gasteiger partial charge in [0.15, 0.2) is 0 Å². The van der Waals surface area contributed by atoms with E-state index >= 15 is 0 Å². The summed E-state index contributed by atoms with van der Waals surface area (Å²) in [6, 6.07) is 17.1. The van der Waals surface area contributed by atoms with E-state index in [-0.39, 0.29) is 29.7 Å². The van der Waals surface area contributed by atoms with Crippen LogP contribution in [-0.2, 0) is 32.0 Å². The minimum atomic E-state index is -0.661. The SMILES string of the molecule is CCc1ccccc1NC(=O)CN1CC[C@H]2NC(=O)[C@@H](Cc3ccccc3)NC(=O)C3(C/C=C/C[C@H]2C1)CCOCC3. The van der Waals surface area contributed by atoms with Crippen LogP contribution in [0, 0.1) is 11.3 Å². The summed E-state index contributed by atoms with van der Waals surface area (Å²) in [5.74, 6) is -0.0625. The van der Waals surface area contributed by atoms with Gasteiger partial charge in [-0.05, 0) is 61.6 Å². The van der Waals surface area contributed by atoms with Gasteiger partial charge in [0, 0.05) is 44.5 Å². The zero-order chi connectivity index (χ0) is 29.4. The first kappa shape index (κ1) is 30.0. The zero-order valence-corrected chi connectivity index (χ0v) is 24.6. The number of likely N-dealkylation sites (tertiary alicyclic amines) is 1. The molecule has 5 rings (SSSR count). The lowest BCUT2D eigenvalue weighted by Gasteiger charge is -2.40. The number of carbonyl (C=O) groups excluding carboxylic acids is 3. The maximum absolute atomic E-state index is 13.8. The first-order chi connectivity index (χ1) is 20.5. The van der Waals surface area contributed by atoms with Crippen molar-refractivity contribution in [3.8, 4) is 0 Å². The summed E-state index contributed by atoms with van der Waals surface area (Å²) < 4.78 is 5.60. The Labute approximate surface area is 249 Å². The number of para-hydroxylation sites is 1. The fourth-order valence-corrected chi connectivity index (χ4v) is 6.54. The van der Waals surface area contributed by atoms with Gasteiger partial charge in [-0.25, -0.2) is 0 Å². The lowest BCUT2D eigenvalue weighted by molar-refractivity contribution is -0.140. The molecule has 0 unspecified atom stereocenters. The fourth-order valence-electron chi connectivity index (χ4n) is 6.54. The third-order valence-electron chi connectivity index (χ3n) is 9.14. The molecule has 8 nitrogen and oxygen atoms in total. The van der Waals surface area contributed by atoms with E-state index in [9.17, 15) is 14.4 Å². The lowest BCUT2D eigenvalue weighted by atomic mass is 9.75. The van der Waals surface area contributed by atoms with Crippen LogP contribution < -0.4 is 16.0 Å². The van der Waals surface area contributed by atoms with Crippen LogP contribution in [0.1, 0.15) is 50.2 Å². The Balaban J connectivity index is 1.31. The van der Waals surface area contributed by atoms with E-state index in [1.54, 1.807) is 0 Å². The summed E-state index contributed by atoms with van der Waals surface area (Å²) in [6.07, 6.45) is 9.03. The standard InChI is InChI=1S/C34H44N4O4/c1-2-26-12-6-7-14-28(26)35-31(39)24-38-19-15-29-27(23-38)13-8-9-16-34(17-20-42-21-18-34)33(41)37-30(32(40)36-29)22-25-10-4-3-5-11-25/h3-12,14,27,29-30H,2,13,15-24H2,1H3,(H,35,39)(H,36,40)(H,37,41)/b9-8+/t27-,29+,30+/m0/s1. The maximum Gasteiger partial charge on any atom is 0.243 e. The number of benzene rings is 2. The minimum absolute atomic E-state index is 0.0193. The van der Waals surface area contributed by atoms with E-state index in [4.69, 9.17) is 4.74 Å². The number of nitrogens with one attached hydrogen (secondary N) is 3. The van der Waals surface area contributed by atoms with Gasteiger partial charge in [-0.2, -0.15) is 0 Å². The number of aryl methyl sites for hydroxylation is 1. The van der Waals surface area contributed by atoms with Crippen molar-refractivity contribution in [3.63, 3.8) is 0 Å². The van der Waals surface area contributed by atoms with Gasteiger partial charge in [-0.1, -0.05) is 67.6 Å². The van der Waals surface area contributed by atoms with Crippen LogP contribution in [0.4, 0.5) is 5.69 Å². The minimum Gasteiger partial charge on any atom is -0.381 e. The molecule has 1 spiro atoms. The third-order valence-corrected chi connectivity index (χ3v) is 9.14. The van der Waals surface area contributed by atoms with Crippen molar-refractivity contribution in [1.82, 2.24) is 15.5 Å². The van der Waals surface area contributed by atoms with Crippen LogP contribution in [0.15, 0.2) is 66.7 Å². The fraction of sp³-hybridized carbons (Fsp3) is 0.500. The molecule has 0 bridgehead atoms. The van der Waals surface area contributed by atoms with Crippen molar-refractivity contribution in [3.05, 3.63) is 77.9 Å². The number of allylic oxidation sites excluding steroid dienone is 2. The van der Waals surface area contributed by atoms with E-state index in [0.29, 0.717) is 58.5 Å². The first-order valence-corrected chi connectivity index (χ1v) is 15.4. The number of rotatable bonds is 6. The smallest absolute Gasteiger partial charge is 0.243 e. The zero-order valence-electron chi connectivity index (χ0n) is 24.6. The van der Waals surface area contributed by atoms with Crippen LogP contribution in [0.25, 0.3) is 0 Å². The Morgan fingerprint density at radius 2 is 1.79 bits per heavy atom. The average molecular weight is 573 g/mol. The summed E-state index contributed by atoms with van der Waals surface area (Å²) in [6.45, 7) is 4.91. The molecule has 8 heteroatoms. The van der Waals surface area contributed by atoms with Gasteiger partial charge < -0.3 is 20.7 Å². The highest BCUT2D eigenvalue weighted by molar-refractivity contribution is 5.93. The Hall–Kier alpha value is -3.49. The second-order valence-electron chi connectivity index (χ2n) is 12.0. The normalized spacial score (nSPS) is 25.7. The van der Waals surface area contributed by atoms with E-state index in [2.05, 4.69) is 39.9 Å². The number of hydrogen-bond donors (Lipinski definition) is 3. The van der Waals surface area contributed by atoms with Crippen LogP contribution >= 0.6 is 0 Å². The van der Waals surface area contributed by atoms with Crippen molar-refractivity contribution >= 4 is 23.4 Å². The van der Waals surface area contributed by atoms with Gasteiger partial charge in [-0.15, -0.1) is 0 Å². The molecule has 3 atom stereocenters. The third kappa shape index (κ3) is 7.47. The van der Waals surface area contributed by atoms with Gasteiger partial charge >= 0.3 is 0 Å². The van der Waals surface area contributed by atoms with Crippen molar-refractivity contribution in [2.75, 3.05) is 38.2 Å². The van der Waals surface area contributed by atoms with Crippen molar-refractivity contribution in [2.45, 2.75) is 64.0 Å². The van der Waals surface area contributed by atoms with Crippen LogP contribution in [-0.4, -0.2) is 67.6 Å².